The highest BCUT2D eigenvalue weighted by molar-refractivity contribution is 7.09. The Bertz CT molecular complexity index is 254. The van der Waals surface area contributed by atoms with Crippen molar-refractivity contribution in [3.8, 4) is 0 Å². The maximum Gasteiger partial charge on any atom is 0.00453 e. The van der Waals surface area contributed by atoms with Crippen LogP contribution in [-0.2, 0) is 6.42 Å². The predicted molar refractivity (Wildman–Crippen MR) is 74.2 cm³/mol. The van der Waals surface area contributed by atoms with E-state index in [1.807, 2.05) is 11.3 Å². The highest BCUT2D eigenvalue weighted by Crippen LogP contribution is 2.17. The maximum atomic E-state index is 3.56. The lowest BCUT2D eigenvalue weighted by Crippen LogP contribution is -2.29. The van der Waals surface area contributed by atoms with Gasteiger partial charge in [0.1, 0.15) is 0 Å². The number of nitrogens with one attached hydrogen (secondary N) is 1. The van der Waals surface area contributed by atoms with Gasteiger partial charge in [0.15, 0.2) is 0 Å². The molecule has 1 nitrogen and oxygen atoms in total. The van der Waals surface area contributed by atoms with Crippen molar-refractivity contribution in [1.29, 1.82) is 0 Å². The van der Waals surface area contributed by atoms with Gasteiger partial charge in [0.2, 0.25) is 0 Å². The van der Waals surface area contributed by atoms with Crippen LogP contribution < -0.4 is 5.32 Å². The van der Waals surface area contributed by atoms with E-state index < -0.39 is 0 Å². The molecule has 0 aliphatic carbocycles. The van der Waals surface area contributed by atoms with Gasteiger partial charge in [-0.25, -0.2) is 0 Å². The summed E-state index contributed by atoms with van der Waals surface area (Å²) in [5, 5.41) is 5.74. The number of rotatable bonds is 8. The fraction of sp³-hybridized carbons (Fsp3) is 0.714. The van der Waals surface area contributed by atoms with E-state index in [0.717, 1.165) is 5.92 Å². The van der Waals surface area contributed by atoms with Crippen LogP contribution in [0, 0.1) is 5.92 Å². The first-order valence-electron chi connectivity index (χ1n) is 6.48. The topological polar surface area (TPSA) is 12.0 Å². The maximum absolute atomic E-state index is 3.56. The SMILES string of the molecule is CCCC(CCc1cccs1)CNC(C)C. The van der Waals surface area contributed by atoms with E-state index in [4.69, 9.17) is 0 Å². The smallest absolute Gasteiger partial charge is 0.00453 e. The summed E-state index contributed by atoms with van der Waals surface area (Å²) in [7, 11) is 0. The first-order valence-corrected chi connectivity index (χ1v) is 7.36. The van der Waals surface area contributed by atoms with Crippen LogP contribution in [0.5, 0.6) is 0 Å². The summed E-state index contributed by atoms with van der Waals surface area (Å²) in [5.41, 5.74) is 0. The number of aryl methyl sites for hydroxylation is 1. The monoisotopic (exact) mass is 239 g/mol. The lowest BCUT2D eigenvalue weighted by atomic mass is 9.97. The molecule has 92 valence electrons. The van der Waals surface area contributed by atoms with Crippen molar-refractivity contribution >= 4 is 11.3 Å². The summed E-state index contributed by atoms with van der Waals surface area (Å²) in [5.74, 6) is 0.842. The molecular formula is C14H25NS. The first-order chi connectivity index (χ1) is 7.72. The molecule has 1 aromatic rings. The van der Waals surface area contributed by atoms with Gasteiger partial charge in [-0.3, -0.25) is 0 Å². The number of hydrogen-bond acceptors (Lipinski definition) is 2. The highest BCUT2D eigenvalue weighted by atomic mass is 32.1. The van der Waals surface area contributed by atoms with Gasteiger partial charge < -0.3 is 5.32 Å². The zero-order valence-corrected chi connectivity index (χ0v) is 11.6. The minimum absolute atomic E-state index is 0.612. The Hall–Kier alpha value is -0.340. The van der Waals surface area contributed by atoms with Gasteiger partial charge in [-0.1, -0.05) is 33.3 Å². The van der Waals surface area contributed by atoms with Crippen LogP contribution >= 0.6 is 11.3 Å². The van der Waals surface area contributed by atoms with Crippen molar-refractivity contribution in [3.63, 3.8) is 0 Å². The first kappa shape index (κ1) is 13.7. The molecule has 0 spiro atoms. The average Bonchev–Trinajstić information content (AvgIpc) is 2.75. The molecule has 1 rings (SSSR count). The summed E-state index contributed by atoms with van der Waals surface area (Å²) in [6, 6.07) is 5.02. The Morgan fingerprint density at radius 1 is 1.31 bits per heavy atom. The third kappa shape index (κ3) is 5.66. The second-order valence-electron chi connectivity index (χ2n) is 4.84. The molecule has 0 amide bonds. The van der Waals surface area contributed by atoms with E-state index in [9.17, 15) is 0 Å². The van der Waals surface area contributed by atoms with Crippen molar-refractivity contribution in [3.05, 3.63) is 22.4 Å². The fourth-order valence-corrected chi connectivity index (χ4v) is 2.69. The molecule has 0 saturated carbocycles. The molecule has 1 heterocycles. The largest absolute Gasteiger partial charge is 0.314 e. The summed E-state index contributed by atoms with van der Waals surface area (Å²) < 4.78 is 0. The molecule has 2 heteroatoms. The minimum Gasteiger partial charge on any atom is -0.314 e. The molecule has 1 N–H and O–H groups in total. The van der Waals surface area contributed by atoms with Gasteiger partial charge in [0, 0.05) is 10.9 Å². The third-order valence-electron chi connectivity index (χ3n) is 2.89. The van der Waals surface area contributed by atoms with Crippen LogP contribution in [0.25, 0.3) is 0 Å². The number of thiophene rings is 1. The van der Waals surface area contributed by atoms with Crippen molar-refractivity contribution in [2.24, 2.45) is 5.92 Å². The van der Waals surface area contributed by atoms with Crippen LogP contribution in [-0.4, -0.2) is 12.6 Å². The van der Waals surface area contributed by atoms with Gasteiger partial charge in [0.25, 0.3) is 0 Å². The summed E-state index contributed by atoms with van der Waals surface area (Å²) in [4.78, 5) is 1.53. The normalized spacial score (nSPS) is 13.2. The second kappa shape index (κ2) is 7.86. The van der Waals surface area contributed by atoms with Crippen LogP contribution in [0.15, 0.2) is 17.5 Å². The van der Waals surface area contributed by atoms with Crippen molar-refractivity contribution < 1.29 is 0 Å². The fourth-order valence-electron chi connectivity index (χ4n) is 1.96. The standard InChI is InChI=1S/C14H25NS/c1-4-6-13(11-15-12(2)3)8-9-14-7-5-10-16-14/h5,7,10,12-13,15H,4,6,8-9,11H2,1-3H3. The Morgan fingerprint density at radius 3 is 2.69 bits per heavy atom. The van der Waals surface area contributed by atoms with Crippen LogP contribution in [0.4, 0.5) is 0 Å². The summed E-state index contributed by atoms with van der Waals surface area (Å²) in [6.45, 7) is 7.91. The van der Waals surface area contributed by atoms with Gasteiger partial charge in [-0.05, 0) is 43.2 Å². The molecule has 0 aliphatic heterocycles. The lowest BCUT2D eigenvalue weighted by Gasteiger charge is -2.18. The molecule has 0 aliphatic rings. The predicted octanol–water partition coefficient (Wildman–Crippen LogP) is 4.10. The van der Waals surface area contributed by atoms with Gasteiger partial charge in [-0.15, -0.1) is 11.3 Å². The lowest BCUT2D eigenvalue weighted by molar-refractivity contribution is 0.398. The van der Waals surface area contributed by atoms with E-state index in [1.54, 1.807) is 0 Å². The van der Waals surface area contributed by atoms with E-state index in [2.05, 4.69) is 43.6 Å². The Balaban J connectivity index is 2.27. The van der Waals surface area contributed by atoms with E-state index >= 15 is 0 Å². The van der Waals surface area contributed by atoms with Crippen LogP contribution in [0.3, 0.4) is 0 Å². The molecule has 0 saturated heterocycles. The van der Waals surface area contributed by atoms with E-state index in [-0.39, 0.29) is 0 Å². The zero-order chi connectivity index (χ0) is 11.8. The molecule has 0 bridgehead atoms. The zero-order valence-electron chi connectivity index (χ0n) is 10.8. The molecule has 0 aromatic carbocycles. The molecule has 1 atom stereocenters. The van der Waals surface area contributed by atoms with Crippen molar-refractivity contribution in [2.75, 3.05) is 6.54 Å². The highest BCUT2D eigenvalue weighted by Gasteiger charge is 2.08. The van der Waals surface area contributed by atoms with E-state index in [0.29, 0.717) is 6.04 Å². The number of hydrogen-bond donors (Lipinski definition) is 1. The quantitative estimate of drug-likeness (QED) is 0.720. The molecule has 0 radical (unpaired) electrons. The third-order valence-corrected chi connectivity index (χ3v) is 3.83. The Morgan fingerprint density at radius 2 is 2.12 bits per heavy atom. The summed E-state index contributed by atoms with van der Waals surface area (Å²) >= 11 is 1.89. The van der Waals surface area contributed by atoms with Crippen molar-refractivity contribution in [1.82, 2.24) is 5.32 Å². The molecule has 1 aromatic heterocycles. The molecular weight excluding hydrogens is 214 g/mol. The van der Waals surface area contributed by atoms with Crippen LogP contribution in [0.2, 0.25) is 0 Å². The molecule has 16 heavy (non-hydrogen) atoms. The second-order valence-corrected chi connectivity index (χ2v) is 5.87. The van der Waals surface area contributed by atoms with Crippen LogP contribution in [0.1, 0.15) is 44.9 Å². The minimum atomic E-state index is 0.612. The summed E-state index contributed by atoms with van der Waals surface area (Å²) in [6.07, 6.45) is 5.23. The van der Waals surface area contributed by atoms with Gasteiger partial charge in [-0.2, -0.15) is 0 Å². The van der Waals surface area contributed by atoms with Crippen molar-refractivity contribution in [2.45, 2.75) is 52.5 Å². The van der Waals surface area contributed by atoms with Gasteiger partial charge >= 0.3 is 0 Å². The van der Waals surface area contributed by atoms with E-state index in [1.165, 1.54) is 37.1 Å². The Labute approximate surface area is 104 Å². The molecule has 0 fully saturated rings. The Kier molecular flexibility index (Phi) is 6.74. The van der Waals surface area contributed by atoms with Gasteiger partial charge in [0.05, 0.1) is 0 Å². The molecule has 1 unspecified atom stereocenters. The average molecular weight is 239 g/mol.